The monoisotopic (exact) mass is 544 g/mol. The number of aromatic hydroxyl groups is 1. The summed E-state index contributed by atoms with van der Waals surface area (Å²) in [5.41, 5.74) is 2.60. The summed E-state index contributed by atoms with van der Waals surface area (Å²) >= 11 is 0. The van der Waals surface area contributed by atoms with Crippen LogP contribution in [0.25, 0.3) is 11.1 Å². The van der Waals surface area contributed by atoms with Crippen LogP contribution in [0.2, 0.25) is 0 Å². The molecule has 0 unspecified atom stereocenters. The normalized spacial score (nSPS) is 10.8. The van der Waals surface area contributed by atoms with Gasteiger partial charge in [0.25, 0.3) is 0 Å². The zero-order chi connectivity index (χ0) is 28.5. The molecule has 4 aromatic rings. The molecule has 0 aliphatic carbocycles. The van der Waals surface area contributed by atoms with Gasteiger partial charge in [-0.25, -0.2) is 9.18 Å². The van der Waals surface area contributed by atoms with Gasteiger partial charge in [0, 0.05) is 29.2 Å². The minimum absolute atomic E-state index is 0.0426. The standard InChI is InChI=1S/C33H33FO6/c1-3-11-24-29(16-9-17-30(24)40-31-15-8-6-13-25(31)33(36)37)38-18-10-19-39-32-21-28(35)26(20-22(32)4-2)23-12-5-7-14-27(23)34/h5-9,12-17,20-21,35H,3-4,10-11,18-19H2,1-2H3,(H,36,37). The average molecular weight is 545 g/mol. The minimum Gasteiger partial charge on any atom is -0.507 e. The molecule has 0 aliphatic heterocycles. The number of carboxylic acids is 1. The molecule has 0 saturated heterocycles. The number of phenols is 1. The van der Waals surface area contributed by atoms with Gasteiger partial charge in [-0.15, -0.1) is 0 Å². The van der Waals surface area contributed by atoms with Gasteiger partial charge in [0.15, 0.2) is 0 Å². The van der Waals surface area contributed by atoms with Gasteiger partial charge in [0.2, 0.25) is 0 Å². The smallest absolute Gasteiger partial charge is 0.339 e. The second kappa shape index (κ2) is 13.5. The molecule has 0 amide bonds. The van der Waals surface area contributed by atoms with Crippen LogP contribution in [0.5, 0.6) is 28.7 Å². The Labute approximate surface area is 233 Å². The molecule has 4 aromatic carbocycles. The second-order valence-electron chi connectivity index (χ2n) is 9.25. The molecule has 6 nitrogen and oxygen atoms in total. The lowest BCUT2D eigenvalue weighted by Crippen LogP contribution is -2.08. The summed E-state index contributed by atoms with van der Waals surface area (Å²) in [7, 11) is 0. The zero-order valence-corrected chi connectivity index (χ0v) is 22.7. The van der Waals surface area contributed by atoms with Crippen molar-refractivity contribution < 1.29 is 33.6 Å². The molecule has 208 valence electrons. The summed E-state index contributed by atoms with van der Waals surface area (Å²) in [5, 5.41) is 20.1. The van der Waals surface area contributed by atoms with Crippen LogP contribution in [-0.4, -0.2) is 29.4 Å². The van der Waals surface area contributed by atoms with Crippen LogP contribution in [0.4, 0.5) is 4.39 Å². The maximum Gasteiger partial charge on any atom is 0.339 e. The molecule has 0 radical (unpaired) electrons. The van der Waals surface area contributed by atoms with E-state index in [1.807, 2.05) is 25.1 Å². The van der Waals surface area contributed by atoms with Crippen molar-refractivity contribution >= 4 is 5.97 Å². The van der Waals surface area contributed by atoms with E-state index in [0.29, 0.717) is 60.9 Å². The van der Waals surface area contributed by atoms with E-state index in [2.05, 4.69) is 6.92 Å². The highest BCUT2D eigenvalue weighted by Gasteiger charge is 2.16. The predicted molar refractivity (Wildman–Crippen MR) is 152 cm³/mol. The molecule has 0 heterocycles. The number of rotatable bonds is 13. The SMILES string of the molecule is CCCc1c(OCCCOc2cc(O)c(-c3ccccc3F)cc2CC)cccc1Oc1ccccc1C(=O)O. The Hall–Kier alpha value is -4.52. The van der Waals surface area contributed by atoms with E-state index in [1.54, 1.807) is 42.5 Å². The predicted octanol–water partition coefficient (Wildman–Crippen LogP) is 8.05. The highest BCUT2D eigenvalue weighted by atomic mass is 19.1. The zero-order valence-electron chi connectivity index (χ0n) is 22.7. The summed E-state index contributed by atoms with van der Waals surface area (Å²) in [6.07, 6.45) is 2.79. The Kier molecular flexibility index (Phi) is 9.62. The van der Waals surface area contributed by atoms with E-state index in [9.17, 15) is 19.4 Å². The first kappa shape index (κ1) is 28.5. The number of aromatic carboxylic acids is 1. The van der Waals surface area contributed by atoms with Crippen molar-refractivity contribution in [3.8, 4) is 39.9 Å². The third kappa shape index (κ3) is 6.72. The fourth-order valence-electron chi connectivity index (χ4n) is 4.47. The summed E-state index contributed by atoms with van der Waals surface area (Å²) in [4.78, 5) is 11.6. The van der Waals surface area contributed by atoms with E-state index >= 15 is 0 Å². The molecule has 2 N–H and O–H groups in total. The van der Waals surface area contributed by atoms with Gasteiger partial charge in [0.05, 0.1) is 13.2 Å². The van der Waals surface area contributed by atoms with Crippen molar-refractivity contribution in [2.24, 2.45) is 0 Å². The van der Waals surface area contributed by atoms with Crippen LogP contribution < -0.4 is 14.2 Å². The molecule has 4 rings (SSSR count). The molecule has 0 atom stereocenters. The fraction of sp³-hybridized carbons (Fsp3) is 0.242. The van der Waals surface area contributed by atoms with Crippen LogP contribution in [-0.2, 0) is 12.8 Å². The van der Waals surface area contributed by atoms with Crippen LogP contribution in [0, 0.1) is 5.82 Å². The Morgan fingerprint density at radius 3 is 2.20 bits per heavy atom. The summed E-state index contributed by atoms with van der Waals surface area (Å²) in [6.45, 7) is 4.77. The number of carbonyl (C=O) groups is 1. The van der Waals surface area contributed by atoms with Crippen molar-refractivity contribution in [2.45, 2.75) is 39.5 Å². The highest BCUT2D eigenvalue weighted by molar-refractivity contribution is 5.91. The Balaban J connectivity index is 1.41. The topological polar surface area (TPSA) is 85.2 Å². The number of carboxylic acid groups (broad SMARTS) is 1. The lowest BCUT2D eigenvalue weighted by Gasteiger charge is -2.17. The number of aryl methyl sites for hydroxylation is 1. The first-order valence-electron chi connectivity index (χ1n) is 13.4. The molecule has 0 bridgehead atoms. The van der Waals surface area contributed by atoms with Gasteiger partial charge in [-0.3, -0.25) is 0 Å². The molecule has 0 saturated carbocycles. The van der Waals surface area contributed by atoms with Gasteiger partial charge < -0.3 is 24.4 Å². The van der Waals surface area contributed by atoms with Gasteiger partial charge in [0.1, 0.15) is 40.1 Å². The molecule has 7 heteroatoms. The summed E-state index contributed by atoms with van der Waals surface area (Å²) in [5.74, 6) is 0.568. The Morgan fingerprint density at radius 1 is 0.800 bits per heavy atom. The number of halogens is 1. The average Bonchev–Trinajstić information content (AvgIpc) is 2.95. The number of para-hydroxylation sites is 1. The van der Waals surface area contributed by atoms with Gasteiger partial charge in [-0.05, 0) is 54.8 Å². The second-order valence-corrected chi connectivity index (χ2v) is 9.25. The van der Waals surface area contributed by atoms with E-state index in [0.717, 1.165) is 17.5 Å². The number of hydrogen-bond acceptors (Lipinski definition) is 5. The summed E-state index contributed by atoms with van der Waals surface area (Å²) in [6, 6.07) is 21.7. The van der Waals surface area contributed by atoms with E-state index in [-0.39, 0.29) is 17.1 Å². The molecular weight excluding hydrogens is 511 g/mol. The maximum absolute atomic E-state index is 14.3. The van der Waals surface area contributed by atoms with Gasteiger partial charge >= 0.3 is 5.97 Å². The third-order valence-corrected chi connectivity index (χ3v) is 6.46. The van der Waals surface area contributed by atoms with E-state index in [1.165, 1.54) is 18.2 Å². The maximum atomic E-state index is 14.3. The van der Waals surface area contributed by atoms with E-state index in [4.69, 9.17) is 14.2 Å². The van der Waals surface area contributed by atoms with Crippen molar-refractivity contribution in [3.05, 3.63) is 101 Å². The highest BCUT2D eigenvalue weighted by Crippen LogP contribution is 2.37. The number of hydrogen-bond donors (Lipinski definition) is 2. The number of ether oxygens (including phenoxy) is 3. The first-order valence-corrected chi connectivity index (χ1v) is 13.4. The van der Waals surface area contributed by atoms with Gasteiger partial charge in [-0.2, -0.15) is 0 Å². The molecule has 0 fully saturated rings. The summed E-state index contributed by atoms with van der Waals surface area (Å²) < 4.78 is 32.4. The first-order chi connectivity index (χ1) is 19.4. The lowest BCUT2D eigenvalue weighted by atomic mass is 9.99. The quantitative estimate of drug-likeness (QED) is 0.166. The van der Waals surface area contributed by atoms with Crippen molar-refractivity contribution in [1.29, 1.82) is 0 Å². The molecule has 40 heavy (non-hydrogen) atoms. The Morgan fingerprint density at radius 2 is 1.48 bits per heavy atom. The van der Waals surface area contributed by atoms with Crippen molar-refractivity contribution in [2.75, 3.05) is 13.2 Å². The Bertz CT molecular complexity index is 1470. The fourth-order valence-corrected chi connectivity index (χ4v) is 4.47. The molecule has 0 aromatic heterocycles. The van der Waals surface area contributed by atoms with Crippen molar-refractivity contribution in [3.63, 3.8) is 0 Å². The lowest BCUT2D eigenvalue weighted by molar-refractivity contribution is 0.0694. The van der Waals surface area contributed by atoms with Crippen LogP contribution in [0.15, 0.2) is 78.9 Å². The van der Waals surface area contributed by atoms with Crippen LogP contribution >= 0.6 is 0 Å². The molecule has 0 spiro atoms. The third-order valence-electron chi connectivity index (χ3n) is 6.46. The van der Waals surface area contributed by atoms with Crippen LogP contribution in [0.1, 0.15) is 48.2 Å². The number of benzene rings is 4. The number of phenolic OH excluding ortho intramolecular Hbond substituents is 1. The molecular formula is C33H33FO6. The largest absolute Gasteiger partial charge is 0.507 e. The molecule has 0 aliphatic rings. The van der Waals surface area contributed by atoms with Crippen molar-refractivity contribution in [1.82, 2.24) is 0 Å². The minimum atomic E-state index is -1.05. The van der Waals surface area contributed by atoms with E-state index < -0.39 is 11.8 Å². The van der Waals surface area contributed by atoms with Gasteiger partial charge in [-0.1, -0.05) is 56.7 Å². The van der Waals surface area contributed by atoms with Crippen LogP contribution in [0.3, 0.4) is 0 Å².